The van der Waals surface area contributed by atoms with E-state index in [0.717, 1.165) is 24.8 Å². The van der Waals surface area contributed by atoms with Crippen molar-refractivity contribution in [2.24, 2.45) is 5.92 Å². The van der Waals surface area contributed by atoms with Crippen molar-refractivity contribution in [2.45, 2.75) is 49.8 Å². The summed E-state index contributed by atoms with van der Waals surface area (Å²) in [6.07, 6.45) is 5.37. The Morgan fingerprint density at radius 1 is 0.872 bits per heavy atom. The molecule has 1 atom stereocenters. The molecule has 0 spiro atoms. The molecule has 2 aliphatic heterocycles. The van der Waals surface area contributed by atoms with E-state index < -0.39 is 20.0 Å². The number of hydrogen-bond donors (Lipinski definition) is 1. The first-order valence-electron chi connectivity index (χ1n) is 13.8. The molecule has 2 aromatic rings. The lowest BCUT2D eigenvalue weighted by molar-refractivity contribution is -0.126. The summed E-state index contributed by atoms with van der Waals surface area (Å²) in [7, 11) is -6.91. The Morgan fingerprint density at radius 3 is 2.28 bits per heavy atom. The van der Waals surface area contributed by atoms with Gasteiger partial charge in [-0.05, 0) is 68.4 Å². The lowest BCUT2D eigenvalue weighted by Gasteiger charge is -2.31. The van der Waals surface area contributed by atoms with Gasteiger partial charge in [0.15, 0.2) is 0 Å². The Hall–Kier alpha value is -2.47. The number of nitrogens with zero attached hydrogens (tertiary/aromatic N) is 2. The molecule has 11 heteroatoms. The molecule has 0 unspecified atom stereocenters. The molecule has 0 aliphatic carbocycles. The number of aryl methyl sites for hydroxylation is 1. The zero-order valence-corrected chi connectivity index (χ0v) is 24.0. The summed E-state index contributed by atoms with van der Waals surface area (Å²) in [5.41, 5.74) is 1.12. The summed E-state index contributed by atoms with van der Waals surface area (Å²) >= 11 is 0. The monoisotopic (exact) mass is 577 g/mol. The van der Waals surface area contributed by atoms with E-state index in [1.807, 2.05) is 30.3 Å². The maximum atomic E-state index is 12.9. The molecule has 0 bridgehead atoms. The summed E-state index contributed by atoms with van der Waals surface area (Å²) in [5, 5.41) is 2.85. The summed E-state index contributed by atoms with van der Waals surface area (Å²) in [6, 6.07) is 16.2. The zero-order chi connectivity index (χ0) is 27.7. The number of sulfonamides is 2. The number of hydrogen-bond acceptors (Lipinski definition) is 6. The largest absolute Gasteiger partial charge is 0.492 e. The Morgan fingerprint density at radius 2 is 1.56 bits per heavy atom. The molecular formula is C28H39N3O6S2. The van der Waals surface area contributed by atoms with Crippen molar-refractivity contribution in [3.8, 4) is 5.75 Å². The molecule has 2 saturated heterocycles. The number of piperidine rings is 2. The van der Waals surface area contributed by atoms with Crippen molar-refractivity contribution >= 4 is 26.0 Å². The van der Waals surface area contributed by atoms with Crippen molar-refractivity contribution in [3.05, 3.63) is 60.2 Å². The highest BCUT2D eigenvalue weighted by Gasteiger charge is 2.32. The third-order valence-electron chi connectivity index (χ3n) is 7.31. The summed E-state index contributed by atoms with van der Waals surface area (Å²) < 4.78 is 60.0. The fraction of sp³-hybridized carbons (Fsp3) is 0.536. The lowest BCUT2D eigenvalue weighted by atomic mass is 9.99. The molecule has 4 rings (SSSR count). The third-order valence-corrected chi connectivity index (χ3v) is 11.1. The van der Waals surface area contributed by atoms with Gasteiger partial charge in [0.2, 0.25) is 26.0 Å². The summed E-state index contributed by atoms with van der Waals surface area (Å²) in [5.74, 6) is 0.0299. The van der Waals surface area contributed by atoms with Crippen molar-refractivity contribution in [1.29, 1.82) is 0 Å². The fourth-order valence-electron chi connectivity index (χ4n) is 5.09. The van der Waals surface area contributed by atoms with Gasteiger partial charge in [0, 0.05) is 26.2 Å². The minimum Gasteiger partial charge on any atom is -0.492 e. The molecule has 9 nitrogen and oxygen atoms in total. The maximum absolute atomic E-state index is 12.9. The second-order valence-electron chi connectivity index (χ2n) is 10.2. The molecule has 39 heavy (non-hydrogen) atoms. The van der Waals surface area contributed by atoms with E-state index in [4.69, 9.17) is 4.74 Å². The van der Waals surface area contributed by atoms with Crippen LogP contribution in [0.25, 0.3) is 0 Å². The van der Waals surface area contributed by atoms with E-state index in [-0.39, 0.29) is 42.2 Å². The quantitative estimate of drug-likeness (QED) is 0.388. The summed E-state index contributed by atoms with van der Waals surface area (Å²) in [4.78, 5) is 13.0. The molecule has 1 N–H and O–H groups in total. The van der Waals surface area contributed by atoms with Crippen LogP contribution in [0.5, 0.6) is 5.75 Å². The first kappa shape index (κ1) is 29.5. The van der Waals surface area contributed by atoms with E-state index in [2.05, 4.69) is 5.32 Å². The number of carbonyl (C=O) groups excluding carboxylic acids is 1. The van der Waals surface area contributed by atoms with Crippen LogP contribution in [-0.2, 0) is 31.3 Å². The van der Waals surface area contributed by atoms with Gasteiger partial charge in [0.1, 0.15) is 12.4 Å². The van der Waals surface area contributed by atoms with Crippen LogP contribution in [0.2, 0.25) is 0 Å². The SMILES string of the molecule is O=C(NCCOc1ccc(S(=O)(=O)N2CCCCC2)cc1)[C@@H]1CCCN(S(=O)(=O)CCCc2ccccc2)C1. The smallest absolute Gasteiger partial charge is 0.243 e. The summed E-state index contributed by atoms with van der Waals surface area (Å²) in [6.45, 7) is 2.25. The topological polar surface area (TPSA) is 113 Å². The van der Waals surface area contributed by atoms with Gasteiger partial charge >= 0.3 is 0 Å². The molecular weight excluding hydrogens is 538 g/mol. The highest BCUT2D eigenvalue weighted by atomic mass is 32.2. The average Bonchev–Trinajstić information content (AvgIpc) is 2.96. The van der Waals surface area contributed by atoms with Crippen LogP contribution in [0.4, 0.5) is 0 Å². The van der Waals surface area contributed by atoms with Crippen LogP contribution in [0.3, 0.4) is 0 Å². The van der Waals surface area contributed by atoms with Gasteiger partial charge in [-0.15, -0.1) is 0 Å². The fourth-order valence-corrected chi connectivity index (χ4v) is 8.19. The molecule has 1 amide bonds. The van der Waals surface area contributed by atoms with E-state index in [9.17, 15) is 21.6 Å². The average molecular weight is 578 g/mol. The standard InChI is InChI=1S/C28H39N3O6S2/c32-28(25-12-7-20-31(23-25)38(33,34)22-8-11-24-9-3-1-4-10-24)29-17-21-37-26-13-15-27(16-14-26)39(35,36)30-18-5-2-6-19-30/h1,3-4,9-10,13-16,25H,2,5-8,11-12,17-23H2,(H,29,32)/t25-/m1/s1. The van der Waals surface area contributed by atoms with Crippen molar-refractivity contribution in [3.63, 3.8) is 0 Å². The van der Waals surface area contributed by atoms with Crippen molar-refractivity contribution in [2.75, 3.05) is 45.1 Å². The van der Waals surface area contributed by atoms with E-state index in [1.165, 1.54) is 8.61 Å². The van der Waals surface area contributed by atoms with Gasteiger partial charge in [0.25, 0.3) is 0 Å². The van der Waals surface area contributed by atoms with Crippen LogP contribution in [0.15, 0.2) is 59.5 Å². The number of rotatable bonds is 12. The van der Waals surface area contributed by atoms with Crippen LogP contribution in [0, 0.1) is 5.92 Å². The van der Waals surface area contributed by atoms with Crippen LogP contribution < -0.4 is 10.1 Å². The van der Waals surface area contributed by atoms with E-state index in [1.54, 1.807) is 24.3 Å². The van der Waals surface area contributed by atoms with Crippen LogP contribution >= 0.6 is 0 Å². The van der Waals surface area contributed by atoms with Gasteiger partial charge in [-0.1, -0.05) is 36.8 Å². The number of benzene rings is 2. The highest BCUT2D eigenvalue weighted by Crippen LogP contribution is 2.23. The second-order valence-corrected chi connectivity index (χ2v) is 14.2. The van der Waals surface area contributed by atoms with Crippen molar-refractivity contribution in [1.82, 2.24) is 13.9 Å². The molecule has 2 aromatic carbocycles. The van der Waals surface area contributed by atoms with Gasteiger partial charge in [0.05, 0.1) is 23.1 Å². The number of nitrogens with one attached hydrogen (secondary N) is 1. The number of ether oxygens (including phenoxy) is 1. The number of amides is 1. The molecule has 2 heterocycles. The first-order valence-corrected chi connectivity index (χ1v) is 16.8. The lowest BCUT2D eigenvalue weighted by Crippen LogP contribution is -2.46. The molecule has 0 aromatic heterocycles. The van der Waals surface area contributed by atoms with Crippen molar-refractivity contribution < 1.29 is 26.4 Å². The third kappa shape index (κ3) is 8.26. The van der Waals surface area contributed by atoms with Crippen LogP contribution in [0.1, 0.15) is 44.1 Å². The first-order chi connectivity index (χ1) is 18.8. The van der Waals surface area contributed by atoms with Gasteiger partial charge < -0.3 is 10.1 Å². The Labute approximate surface area is 232 Å². The minimum absolute atomic E-state index is 0.0716. The molecule has 0 saturated carbocycles. The molecule has 2 fully saturated rings. The van der Waals surface area contributed by atoms with E-state index in [0.29, 0.717) is 51.1 Å². The number of carbonyl (C=O) groups is 1. The maximum Gasteiger partial charge on any atom is 0.243 e. The Balaban J connectivity index is 1.18. The second kappa shape index (κ2) is 13.7. The Kier molecular flexibility index (Phi) is 10.4. The molecule has 2 aliphatic rings. The molecule has 214 valence electrons. The zero-order valence-electron chi connectivity index (χ0n) is 22.3. The molecule has 0 radical (unpaired) electrons. The Bertz CT molecular complexity index is 1280. The predicted molar refractivity (Wildman–Crippen MR) is 150 cm³/mol. The highest BCUT2D eigenvalue weighted by molar-refractivity contribution is 7.89. The van der Waals surface area contributed by atoms with Gasteiger partial charge in [-0.2, -0.15) is 4.31 Å². The van der Waals surface area contributed by atoms with Crippen LogP contribution in [-0.4, -0.2) is 76.4 Å². The van der Waals surface area contributed by atoms with Gasteiger partial charge in [-0.3, -0.25) is 4.79 Å². The van der Waals surface area contributed by atoms with Gasteiger partial charge in [-0.25, -0.2) is 21.1 Å². The predicted octanol–water partition coefficient (Wildman–Crippen LogP) is 3.03. The minimum atomic E-state index is -3.49. The normalized spacial score (nSPS) is 19.4. The van der Waals surface area contributed by atoms with E-state index >= 15 is 0 Å².